The van der Waals surface area contributed by atoms with E-state index in [-0.39, 0.29) is 5.78 Å². The fraction of sp³-hybridized carbons (Fsp3) is 0.300. The highest BCUT2D eigenvalue weighted by molar-refractivity contribution is 7.98. The lowest BCUT2D eigenvalue weighted by Crippen LogP contribution is -2.01. The molecular weight excluding hydrogens is 239 g/mol. The Morgan fingerprint density at radius 2 is 2.14 bits per heavy atom. The highest BCUT2D eigenvalue weighted by Gasteiger charge is 2.14. The van der Waals surface area contributed by atoms with Crippen LogP contribution < -0.4 is 0 Å². The molecule has 14 heavy (non-hydrogen) atoms. The van der Waals surface area contributed by atoms with Crippen molar-refractivity contribution in [3.63, 3.8) is 0 Å². The number of Topliss-reactive ketones (excluding diaryl/α,β-unsaturated/α-hetero) is 1. The molecule has 0 amide bonds. The van der Waals surface area contributed by atoms with Gasteiger partial charge in [0.15, 0.2) is 5.78 Å². The van der Waals surface area contributed by atoms with Gasteiger partial charge in [-0.15, -0.1) is 23.4 Å². The predicted octanol–water partition coefficient (Wildman–Crippen LogP) is 3.93. The maximum absolute atomic E-state index is 11.1. The van der Waals surface area contributed by atoms with Gasteiger partial charge in [0.1, 0.15) is 5.38 Å². The van der Waals surface area contributed by atoms with E-state index in [1.807, 2.05) is 12.3 Å². The molecule has 0 saturated heterocycles. The third kappa shape index (κ3) is 2.66. The molecule has 0 bridgehead atoms. The van der Waals surface area contributed by atoms with Gasteiger partial charge in [-0.1, -0.05) is 17.7 Å². The Morgan fingerprint density at radius 1 is 1.50 bits per heavy atom. The molecular formula is C10H10Cl2OS. The quantitative estimate of drug-likeness (QED) is 0.596. The summed E-state index contributed by atoms with van der Waals surface area (Å²) in [6.07, 6.45) is 1.93. The van der Waals surface area contributed by atoms with E-state index in [9.17, 15) is 4.79 Å². The topological polar surface area (TPSA) is 17.1 Å². The van der Waals surface area contributed by atoms with Crippen LogP contribution in [0.25, 0.3) is 0 Å². The number of hydrogen-bond donors (Lipinski definition) is 0. The van der Waals surface area contributed by atoms with Crippen molar-refractivity contribution >= 4 is 40.7 Å². The van der Waals surface area contributed by atoms with Crippen LogP contribution in [0.2, 0.25) is 5.02 Å². The smallest absolute Gasteiger partial charge is 0.152 e. The fourth-order valence-electron chi connectivity index (χ4n) is 1.07. The summed E-state index contributed by atoms with van der Waals surface area (Å²) in [6, 6.07) is 5.40. The standard InChI is InChI=1S/C10H10Cl2OS/c1-6(13)10(12)7-3-4-8(11)9(5-7)14-2/h3-5,10H,1-2H3. The Labute approximate surface area is 97.8 Å². The lowest BCUT2D eigenvalue weighted by atomic mass is 10.1. The molecule has 4 heteroatoms. The van der Waals surface area contributed by atoms with Gasteiger partial charge in [0.2, 0.25) is 0 Å². The molecule has 0 aliphatic carbocycles. The van der Waals surface area contributed by atoms with Crippen molar-refractivity contribution in [3.8, 4) is 0 Å². The second-order valence-electron chi connectivity index (χ2n) is 2.87. The van der Waals surface area contributed by atoms with Gasteiger partial charge in [0.05, 0.1) is 5.02 Å². The second-order valence-corrected chi connectivity index (χ2v) is 4.56. The van der Waals surface area contributed by atoms with E-state index in [1.54, 1.807) is 12.1 Å². The monoisotopic (exact) mass is 248 g/mol. The first-order valence-electron chi connectivity index (χ1n) is 4.04. The Bertz CT molecular complexity index is 352. The molecule has 0 aliphatic heterocycles. The van der Waals surface area contributed by atoms with Crippen LogP contribution in [0.1, 0.15) is 17.9 Å². The second kappa shape index (κ2) is 5.06. The van der Waals surface area contributed by atoms with Crippen molar-refractivity contribution in [1.82, 2.24) is 0 Å². The van der Waals surface area contributed by atoms with Gasteiger partial charge in [0.25, 0.3) is 0 Å². The highest BCUT2D eigenvalue weighted by atomic mass is 35.5. The normalized spacial score (nSPS) is 12.6. The first kappa shape index (κ1) is 11.9. The molecule has 1 aromatic carbocycles. The number of hydrogen-bond acceptors (Lipinski definition) is 2. The molecule has 0 aromatic heterocycles. The third-order valence-corrected chi connectivity index (χ3v) is 3.60. The van der Waals surface area contributed by atoms with Gasteiger partial charge in [-0.3, -0.25) is 4.79 Å². The minimum absolute atomic E-state index is 0.0546. The average molecular weight is 249 g/mol. The number of alkyl halides is 1. The van der Waals surface area contributed by atoms with E-state index in [0.717, 1.165) is 10.5 Å². The van der Waals surface area contributed by atoms with E-state index < -0.39 is 5.38 Å². The minimum atomic E-state index is -0.571. The third-order valence-electron chi connectivity index (χ3n) is 1.82. The number of halogens is 2. The molecule has 1 rings (SSSR count). The molecule has 0 spiro atoms. The van der Waals surface area contributed by atoms with Crippen LogP contribution in [0, 0.1) is 0 Å². The lowest BCUT2D eigenvalue weighted by molar-refractivity contribution is -0.116. The number of rotatable bonds is 3. The van der Waals surface area contributed by atoms with Crippen LogP contribution >= 0.6 is 35.0 Å². The molecule has 0 aliphatic rings. The highest BCUT2D eigenvalue weighted by Crippen LogP contribution is 2.30. The van der Waals surface area contributed by atoms with Crippen LogP contribution in [-0.4, -0.2) is 12.0 Å². The van der Waals surface area contributed by atoms with Crippen molar-refractivity contribution in [2.75, 3.05) is 6.26 Å². The zero-order chi connectivity index (χ0) is 10.7. The van der Waals surface area contributed by atoms with E-state index in [1.165, 1.54) is 18.7 Å². The van der Waals surface area contributed by atoms with Gasteiger partial charge in [0, 0.05) is 4.90 Å². The fourth-order valence-corrected chi connectivity index (χ4v) is 2.07. The molecule has 0 radical (unpaired) electrons. The van der Waals surface area contributed by atoms with Crippen LogP contribution in [0.5, 0.6) is 0 Å². The zero-order valence-electron chi connectivity index (χ0n) is 7.88. The SMILES string of the molecule is CSc1cc(C(Cl)C(C)=O)ccc1Cl. The van der Waals surface area contributed by atoms with Crippen molar-refractivity contribution in [3.05, 3.63) is 28.8 Å². The number of carbonyl (C=O) groups excluding carboxylic acids is 1. The van der Waals surface area contributed by atoms with Crippen molar-refractivity contribution in [2.45, 2.75) is 17.2 Å². The zero-order valence-corrected chi connectivity index (χ0v) is 10.2. The summed E-state index contributed by atoms with van der Waals surface area (Å²) in [5, 5.41) is 0.117. The Kier molecular flexibility index (Phi) is 4.30. The molecule has 0 heterocycles. The molecule has 0 saturated carbocycles. The van der Waals surface area contributed by atoms with E-state index in [2.05, 4.69) is 0 Å². The Balaban J connectivity index is 3.06. The molecule has 0 N–H and O–H groups in total. The molecule has 1 atom stereocenters. The summed E-state index contributed by atoms with van der Waals surface area (Å²) < 4.78 is 0. The Hall–Kier alpha value is -0.180. The number of benzene rings is 1. The van der Waals surface area contributed by atoms with Gasteiger partial charge in [-0.2, -0.15) is 0 Å². The van der Waals surface area contributed by atoms with E-state index in [4.69, 9.17) is 23.2 Å². The Morgan fingerprint density at radius 3 is 2.64 bits per heavy atom. The van der Waals surface area contributed by atoms with Gasteiger partial charge in [-0.05, 0) is 30.9 Å². The van der Waals surface area contributed by atoms with Crippen molar-refractivity contribution in [1.29, 1.82) is 0 Å². The van der Waals surface area contributed by atoms with Gasteiger partial charge >= 0.3 is 0 Å². The molecule has 0 fully saturated rings. The van der Waals surface area contributed by atoms with E-state index >= 15 is 0 Å². The molecule has 1 unspecified atom stereocenters. The van der Waals surface area contributed by atoms with Crippen LogP contribution in [0.3, 0.4) is 0 Å². The summed E-state index contributed by atoms with van der Waals surface area (Å²) in [5.74, 6) is -0.0546. The summed E-state index contributed by atoms with van der Waals surface area (Å²) in [4.78, 5) is 12.0. The van der Waals surface area contributed by atoms with Crippen molar-refractivity contribution < 1.29 is 4.79 Å². The summed E-state index contributed by atoms with van der Waals surface area (Å²) in [7, 11) is 0. The van der Waals surface area contributed by atoms with Crippen LogP contribution in [0.15, 0.2) is 23.1 Å². The lowest BCUT2D eigenvalue weighted by Gasteiger charge is -2.08. The number of thioether (sulfide) groups is 1. The number of carbonyl (C=O) groups is 1. The van der Waals surface area contributed by atoms with Crippen LogP contribution in [-0.2, 0) is 4.79 Å². The summed E-state index contributed by atoms with van der Waals surface area (Å²) in [6.45, 7) is 1.48. The maximum atomic E-state index is 11.1. The van der Waals surface area contributed by atoms with E-state index in [0.29, 0.717) is 5.02 Å². The predicted molar refractivity (Wildman–Crippen MR) is 62.5 cm³/mol. The van der Waals surface area contributed by atoms with Gasteiger partial charge in [-0.25, -0.2) is 0 Å². The van der Waals surface area contributed by atoms with Gasteiger partial charge < -0.3 is 0 Å². The first-order chi connectivity index (χ1) is 6.56. The number of ketones is 1. The van der Waals surface area contributed by atoms with Crippen molar-refractivity contribution in [2.24, 2.45) is 0 Å². The molecule has 1 nitrogen and oxygen atoms in total. The summed E-state index contributed by atoms with van der Waals surface area (Å²) >= 11 is 13.4. The summed E-state index contributed by atoms with van der Waals surface area (Å²) in [5.41, 5.74) is 0.799. The average Bonchev–Trinajstić information content (AvgIpc) is 2.17. The minimum Gasteiger partial charge on any atom is -0.298 e. The largest absolute Gasteiger partial charge is 0.298 e. The first-order valence-corrected chi connectivity index (χ1v) is 6.08. The van der Waals surface area contributed by atoms with Crippen LogP contribution in [0.4, 0.5) is 0 Å². The molecule has 76 valence electrons. The maximum Gasteiger partial charge on any atom is 0.152 e. The molecule has 1 aromatic rings.